The van der Waals surface area contributed by atoms with E-state index in [2.05, 4.69) is 0 Å². The molecular weight excluding hydrogens is 200 g/mol. The van der Waals surface area contributed by atoms with Crippen LogP contribution in [-0.2, 0) is 10.0 Å². The van der Waals surface area contributed by atoms with E-state index < -0.39 is 15.8 Å². The highest BCUT2D eigenvalue weighted by molar-refractivity contribution is 7.89. The third-order valence-corrected chi connectivity index (χ3v) is 4.41. The van der Waals surface area contributed by atoms with Crippen molar-refractivity contribution in [3.05, 3.63) is 0 Å². The van der Waals surface area contributed by atoms with Crippen molar-refractivity contribution in [3.8, 4) is 6.07 Å². The predicted octanol–water partition coefficient (Wildman–Crippen LogP) is 1.10. The molecule has 0 amide bonds. The molecule has 0 saturated heterocycles. The summed E-state index contributed by atoms with van der Waals surface area (Å²) in [5.74, 6) is -0.392. The zero-order valence-electron chi connectivity index (χ0n) is 8.44. The number of hydrogen-bond acceptors (Lipinski definition) is 3. The van der Waals surface area contributed by atoms with Gasteiger partial charge in [0.2, 0.25) is 10.0 Å². The van der Waals surface area contributed by atoms with Crippen molar-refractivity contribution in [2.45, 2.75) is 38.6 Å². The Kier molecular flexibility index (Phi) is 3.90. The smallest absolute Gasteiger partial charge is 0.211 e. The SMILES string of the molecule is CCN(C1CCCC1)S(=O)(=O)CC#N. The summed E-state index contributed by atoms with van der Waals surface area (Å²) in [4.78, 5) is 0. The molecule has 1 rings (SSSR count). The lowest BCUT2D eigenvalue weighted by molar-refractivity contribution is 0.337. The molecule has 0 aromatic heterocycles. The number of nitrogens with zero attached hydrogens (tertiary/aromatic N) is 2. The predicted molar refractivity (Wildman–Crippen MR) is 54.0 cm³/mol. The molecule has 4 nitrogen and oxygen atoms in total. The lowest BCUT2D eigenvalue weighted by Crippen LogP contribution is -2.39. The minimum Gasteiger partial charge on any atom is -0.211 e. The molecule has 80 valence electrons. The first-order valence-corrected chi connectivity index (χ1v) is 6.59. The van der Waals surface area contributed by atoms with Crippen molar-refractivity contribution in [2.75, 3.05) is 12.3 Å². The maximum atomic E-state index is 11.7. The molecule has 0 spiro atoms. The van der Waals surface area contributed by atoms with E-state index in [1.807, 2.05) is 6.92 Å². The lowest BCUT2D eigenvalue weighted by atomic mass is 10.2. The van der Waals surface area contributed by atoms with Gasteiger partial charge in [0, 0.05) is 12.6 Å². The first-order valence-electron chi connectivity index (χ1n) is 4.98. The van der Waals surface area contributed by atoms with Crippen molar-refractivity contribution in [2.24, 2.45) is 0 Å². The molecule has 0 N–H and O–H groups in total. The molecule has 0 aliphatic heterocycles. The Morgan fingerprint density at radius 3 is 2.43 bits per heavy atom. The molecule has 0 aromatic carbocycles. The van der Waals surface area contributed by atoms with Crippen LogP contribution in [0.4, 0.5) is 0 Å². The topological polar surface area (TPSA) is 61.2 Å². The summed E-state index contributed by atoms with van der Waals surface area (Å²) in [5.41, 5.74) is 0. The maximum Gasteiger partial charge on any atom is 0.227 e. The minimum absolute atomic E-state index is 0.137. The van der Waals surface area contributed by atoms with E-state index >= 15 is 0 Å². The van der Waals surface area contributed by atoms with Gasteiger partial charge in [-0.3, -0.25) is 0 Å². The van der Waals surface area contributed by atoms with Crippen molar-refractivity contribution >= 4 is 10.0 Å². The van der Waals surface area contributed by atoms with Crippen LogP contribution in [0, 0.1) is 11.3 Å². The van der Waals surface area contributed by atoms with Gasteiger partial charge in [0.15, 0.2) is 5.75 Å². The van der Waals surface area contributed by atoms with E-state index in [9.17, 15) is 8.42 Å². The lowest BCUT2D eigenvalue weighted by Gasteiger charge is -2.25. The Balaban J connectivity index is 2.75. The molecule has 0 heterocycles. The van der Waals surface area contributed by atoms with Crippen LogP contribution in [-0.4, -0.2) is 31.1 Å². The second-order valence-corrected chi connectivity index (χ2v) is 5.48. The van der Waals surface area contributed by atoms with Gasteiger partial charge in [0.05, 0.1) is 6.07 Å². The van der Waals surface area contributed by atoms with Crippen LogP contribution < -0.4 is 0 Å². The first-order chi connectivity index (χ1) is 6.61. The van der Waals surface area contributed by atoms with Crippen molar-refractivity contribution in [1.29, 1.82) is 5.26 Å². The van der Waals surface area contributed by atoms with E-state index in [-0.39, 0.29) is 6.04 Å². The summed E-state index contributed by atoms with van der Waals surface area (Å²) in [5, 5.41) is 8.43. The summed E-state index contributed by atoms with van der Waals surface area (Å²) in [6.07, 6.45) is 4.09. The van der Waals surface area contributed by atoms with E-state index in [0.717, 1.165) is 25.7 Å². The van der Waals surface area contributed by atoms with E-state index in [1.165, 1.54) is 4.31 Å². The third kappa shape index (κ3) is 2.46. The number of hydrogen-bond donors (Lipinski definition) is 0. The fourth-order valence-electron chi connectivity index (χ4n) is 2.04. The molecule has 0 unspecified atom stereocenters. The van der Waals surface area contributed by atoms with Crippen LogP contribution in [0.25, 0.3) is 0 Å². The average molecular weight is 216 g/mol. The third-order valence-electron chi connectivity index (χ3n) is 2.65. The Labute approximate surface area is 85.6 Å². The Morgan fingerprint density at radius 1 is 1.43 bits per heavy atom. The molecule has 0 bridgehead atoms. The van der Waals surface area contributed by atoms with E-state index in [4.69, 9.17) is 5.26 Å². The van der Waals surface area contributed by atoms with Crippen LogP contribution in [0.1, 0.15) is 32.6 Å². The maximum absolute atomic E-state index is 11.7. The largest absolute Gasteiger partial charge is 0.227 e. The zero-order valence-corrected chi connectivity index (χ0v) is 9.26. The average Bonchev–Trinajstić information content (AvgIpc) is 2.57. The summed E-state index contributed by atoms with van der Waals surface area (Å²) < 4.78 is 24.8. The van der Waals surface area contributed by atoms with Gasteiger partial charge < -0.3 is 0 Å². The summed E-state index contributed by atoms with van der Waals surface area (Å²) >= 11 is 0. The quantitative estimate of drug-likeness (QED) is 0.707. The van der Waals surface area contributed by atoms with Gasteiger partial charge in [-0.15, -0.1) is 0 Å². The second-order valence-electron chi connectivity index (χ2n) is 3.56. The van der Waals surface area contributed by atoms with Crippen LogP contribution in [0.15, 0.2) is 0 Å². The Morgan fingerprint density at radius 2 is 2.00 bits per heavy atom. The van der Waals surface area contributed by atoms with Gasteiger partial charge >= 0.3 is 0 Å². The standard InChI is InChI=1S/C9H16N2O2S/c1-2-11(9-5-3-4-6-9)14(12,13)8-7-10/h9H,2-6,8H2,1H3. The number of rotatable bonds is 4. The van der Waals surface area contributed by atoms with E-state index in [1.54, 1.807) is 6.07 Å². The van der Waals surface area contributed by atoms with Crippen molar-refractivity contribution in [3.63, 3.8) is 0 Å². The molecule has 5 heteroatoms. The van der Waals surface area contributed by atoms with Crippen LogP contribution in [0.5, 0.6) is 0 Å². The zero-order chi connectivity index (χ0) is 10.6. The summed E-state index contributed by atoms with van der Waals surface area (Å²) in [6, 6.07) is 1.85. The monoisotopic (exact) mass is 216 g/mol. The Bertz CT molecular complexity index is 312. The van der Waals surface area contributed by atoms with Crippen LogP contribution in [0.2, 0.25) is 0 Å². The highest BCUT2D eigenvalue weighted by Crippen LogP contribution is 2.25. The molecule has 1 saturated carbocycles. The molecule has 0 atom stereocenters. The van der Waals surface area contributed by atoms with Gasteiger partial charge in [0.1, 0.15) is 0 Å². The molecular formula is C9H16N2O2S. The highest BCUT2D eigenvalue weighted by atomic mass is 32.2. The summed E-state index contributed by atoms with van der Waals surface area (Å²) in [6.45, 7) is 2.31. The minimum atomic E-state index is -3.33. The normalized spacial score (nSPS) is 18.6. The second kappa shape index (κ2) is 4.76. The molecule has 1 aliphatic rings. The van der Waals surface area contributed by atoms with Crippen LogP contribution in [0.3, 0.4) is 0 Å². The molecule has 14 heavy (non-hydrogen) atoms. The fraction of sp³-hybridized carbons (Fsp3) is 0.889. The van der Waals surface area contributed by atoms with Crippen molar-refractivity contribution in [1.82, 2.24) is 4.31 Å². The number of sulfonamides is 1. The molecule has 0 aromatic rings. The first kappa shape index (κ1) is 11.5. The number of nitriles is 1. The van der Waals surface area contributed by atoms with Crippen LogP contribution >= 0.6 is 0 Å². The van der Waals surface area contributed by atoms with Gasteiger partial charge in [-0.1, -0.05) is 19.8 Å². The van der Waals surface area contributed by atoms with Gasteiger partial charge in [-0.2, -0.15) is 9.57 Å². The van der Waals surface area contributed by atoms with Gasteiger partial charge in [-0.05, 0) is 12.8 Å². The van der Waals surface area contributed by atoms with Gasteiger partial charge in [-0.25, -0.2) is 8.42 Å². The highest BCUT2D eigenvalue weighted by Gasteiger charge is 2.30. The Hall–Kier alpha value is -0.600. The summed E-state index contributed by atoms with van der Waals surface area (Å²) in [7, 11) is -3.33. The molecule has 1 aliphatic carbocycles. The van der Waals surface area contributed by atoms with Gasteiger partial charge in [0.25, 0.3) is 0 Å². The molecule has 0 radical (unpaired) electrons. The van der Waals surface area contributed by atoms with E-state index in [0.29, 0.717) is 6.54 Å². The van der Waals surface area contributed by atoms with Crippen molar-refractivity contribution < 1.29 is 8.42 Å². The molecule has 1 fully saturated rings. The fourth-order valence-corrected chi connectivity index (χ4v) is 3.43.